The molecular weight excluding hydrogens is 496 g/mol. The summed E-state index contributed by atoms with van der Waals surface area (Å²) in [5.41, 5.74) is 0.134. The van der Waals surface area contributed by atoms with Gasteiger partial charge in [-0.1, -0.05) is 29.3 Å². The molecule has 0 saturated carbocycles. The molecule has 2 saturated heterocycles. The lowest BCUT2D eigenvalue weighted by molar-refractivity contribution is -0.0467. The molecule has 2 fully saturated rings. The molecule has 0 radical (unpaired) electrons. The van der Waals surface area contributed by atoms with Gasteiger partial charge in [0.25, 0.3) is 0 Å². The van der Waals surface area contributed by atoms with Gasteiger partial charge in [0.1, 0.15) is 22.6 Å². The highest BCUT2D eigenvalue weighted by atomic mass is 35.5. The molecule has 3 heterocycles. The third-order valence-electron chi connectivity index (χ3n) is 6.20. The molecule has 0 amide bonds. The monoisotopic (exact) mass is 520 g/mol. The van der Waals surface area contributed by atoms with Gasteiger partial charge in [-0.25, -0.2) is 13.8 Å². The van der Waals surface area contributed by atoms with Crippen molar-refractivity contribution in [2.24, 2.45) is 0 Å². The van der Waals surface area contributed by atoms with E-state index in [4.69, 9.17) is 27.9 Å². The molecule has 33 heavy (non-hydrogen) atoms. The van der Waals surface area contributed by atoms with Crippen LogP contribution in [0.1, 0.15) is 19.3 Å². The van der Waals surface area contributed by atoms with E-state index in [2.05, 4.69) is 14.6 Å². The Morgan fingerprint density at radius 1 is 1.24 bits per heavy atom. The number of piperidine rings is 1. The number of rotatable bonds is 8. The Balaban J connectivity index is 1.39. The van der Waals surface area contributed by atoms with Gasteiger partial charge in [-0.2, -0.15) is 4.39 Å². The number of hydrogen-bond donors (Lipinski definition) is 1. The van der Waals surface area contributed by atoms with Gasteiger partial charge in [0.2, 0.25) is 5.95 Å². The van der Waals surface area contributed by atoms with Crippen LogP contribution in [0.25, 0.3) is 0 Å². The lowest BCUT2D eigenvalue weighted by atomic mass is 9.88. The zero-order chi connectivity index (χ0) is 23.6. The van der Waals surface area contributed by atoms with E-state index in [-0.39, 0.29) is 26.4 Å². The highest BCUT2D eigenvalue weighted by Crippen LogP contribution is 2.43. The first-order valence-corrected chi connectivity index (χ1v) is 12.3. The maximum atomic E-state index is 15.1. The molecule has 4 rings (SSSR count). The van der Waals surface area contributed by atoms with E-state index in [0.717, 1.165) is 38.0 Å². The molecule has 180 valence electrons. The fraction of sp³-hybridized carbons (Fsp3) is 0.500. The van der Waals surface area contributed by atoms with E-state index in [9.17, 15) is 8.78 Å². The molecule has 0 spiro atoms. The largest absolute Gasteiger partial charge is 0.374 e. The SMILES string of the molecule is COC1(CCN2CCC(F)CC2)CN(c2cc(Cl)c(SNc3cccc(F)n3)c(F)c2Cl)C1. The molecule has 1 aromatic carbocycles. The summed E-state index contributed by atoms with van der Waals surface area (Å²) in [4.78, 5) is 7.97. The molecule has 0 aliphatic carbocycles. The van der Waals surface area contributed by atoms with Gasteiger partial charge < -0.3 is 19.3 Å². The van der Waals surface area contributed by atoms with Crippen molar-refractivity contribution in [2.75, 3.05) is 49.5 Å². The number of anilines is 2. The summed E-state index contributed by atoms with van der Waals surface area (Å²) in [6, 6.07) is 5.89. The predicted octanol–water partition coefficient (Wildman–Crippen LogP) is 5.82. The van der Waals surface area contributed by atoms with Crippen molar-refractivity contribution in [3.63, 3.8) is 0 Å². The molecule has 2 aliphatic heterocycles. The van der Waals surface area contributed by atoms with Crippen LogP contribution < -0.4 is 9.62 Å². The van der Waals surface area contributed by atoms with Gasteiger partial charge in [-0.15, -0.1) is 0 Å². The molecule has 1 aromatic heterocycles. The minimum atomic E-state index is -0.694. The summed E-state index contributed by atoms with van der Waals surface area (Å²) in [6.45, 7) is 3.45. The van der Waals surface area contributed by atoms with Gasteiger partial charge in [0.05, 0.1) is 15.6 Å². The number of methoxy groups -OCH3 is 1. The first-order chi connectivity index (χ1) is 15.8. The minimum absolute atomic E-state index is 0.0365. The topological polar surface area (TPSA) is 40.6 Å². The molecular formula is C22H25Cl2F3N4OS. The molecule has 5 nitrogen and oxygen atoms in total. The van der Waals surface area contributed by atoms with Crippen LogP contribution in [0.2, 0.25) is 10.0 Å². The number of alkyl halides is 1. The summed E-state index contributed by atoms with van der Waals surface area (Å²) in [5, 5.41) is 0.149. The number of nitrogens with zero attached hydrogens (tertiary/aromatic N) is 3. The van der Waals surface area contributed by atoms with Crippen LogP contribution in [0, 0.1) is 11.8 Å². The second-order valence-corrected chi connectivity index (χ2v) is 10.00. The number of ether oxygens (including phenoxy) is 1. The van der Waals surface area contributed by atoms with Crippen LogP contribution >= 0.6 is 35.1 Å². The van der Waals surface area contributed by atoms with E-state index in [1.165, 1.54) is 12.1 Å². The van der Waals surface area contributed by atoms with Crippen LogP contribution in [0.3, 0.4) is 0 Å². The Bertz CT molecular complexity index is 988. The van der Waals surface area contributed by atoms with Crippen molar-refractivity contribution in [1.29, 1.82) is 0 Å². The van der Waals surface area contributed by atoms with E-state index < -0.39 is 17.9 Å². The molecule has 0 atom stereocenters. The maximum absolute atomic E-state index is 15.1. The normalized spacial score (nSPS) is 18.9. The van der Waals surface area contributed by atoms with E-state index in [1.54, 1.807) is 19.2 Å². The van der Waals surface area contributed by atoms with Gasteiger partial charge in [0, 0.05) is 39.8 Å². The van der Waals surface area contributed by atoms with Crippen LogP contribution in [0.5, 0.6) is 0 Å². The quantitative estimate of drug-likeness (QED) is 0.269. The Morgan fingerprint density at radius 2 is 1.97 bits per heavy atom. The summed E-state index contributed by atoms with van der Waals surface area (Å²) < 4.78 is 50.2. The third-order valence-corrected chi connectivity index (χ3v) is 7.89. The first kappa shape index (κ1) is 24.7. The van der Waals surface area contributed by atoms with Crippen molar-refractivity contribution in [3.8, 4) is 0 Å². The van der Waals surface area contributed by atoms with Crippen LogP contribution in [0.4, 0.5) is 24.7 Å². The first-order valence-electron chi connectivity index (χ1n) is 10.7. The standard InChI is InChI=1S/C22H25Cl2F3N4OS/c1-32-22(7-10-30-8-5-14(25)6-9-30)12-31(13-22)16-11-15(23)21(20(27)19(16)24)33-29-18-4-2-3-17(26)28-18/h2-4,11,14H,5-10,12-13H2,1H3,(H,28,29). The van der Waals surface area contributed by atoms with Gasteiger partial charge in [-0.3, -0.25) is 0 Å². The van der Waals surface area contributed by atoms with Crippen molar-refractivity contribution in [1.82, 2.24) is 9.88 Å². The molecule has 1 N–H and O–H groups in total. The number of nitrogens with one attached hydrogen (secondary N) is 1. The van der Waals surface area contributed by atoms with E-state index in [0.29, 0.717) is 31.6 Å². The van der Waals surface area contributed by atoms with E-state index >= 15 is 4.39 Å². The second-order valence-electron chi connectivity index (χ2n) is 8.39. The summed E-state index contributed by atoms with van der Waals surface area (Å²) in [7, 11) is 1.67. The number of halogens is 5. The average Bonchev–Trinajstić information content (AvgIpc) is 2.77. The average molecular weight is 521 g/mol. The molecule has 2 aromatic rings. The number of aromatic nitrogens is 1. The minimum Gasteiger partial charge on any atom is -0.374 e. The van der Waals surface area contributed by atoms with Crippen molar-refractivity contribution in [2.45, 2.75) is 35.9 Å². The fourth-order valence-corrected chi connectivity index (χ4v) is 5.45. The summed E-state index contributed by atoms with van der Waals surface area (Å²) >= 11 is 13.6. The molecule has 11 heteroatoms. The number of hydrogen-bond acceptors (Lipinski definition) is 6. The molecule has 0 unspecified atom stereocenters. The summed E-state index contributed by atoms with van der Waals surface area (Å²) in [5.74, 6) is -1.07. The highest BCUT2D eigenvalue weighted by Gasteiger charge is 2.44. The van der Waals surface area contributed by atoms with Gasteiger partial charge >= 0.3 is 0 Å². The Hall–Kier alpha value is -1.39. The number of benzene rings is 1. The van der Waals surface area contributed by atoms with Crippen molar-refractivity contribution in [3.05, 3.63) is 46.1 Å². The lowest BCUT2D eigenvalue weighted by Crippen LogP contribution is -2.64. The number of pyridine rings is 1. The summed E-state index contributed by atoms with van der Waals surface area (Å²) in [6.07, 6.45) is 1.26. The highest BCUT2D eigenvalue weighted by molar-refractivity contribution is 8.00. The van der Waals surface area contributed by atoms with Crippen LogP contribution in [-0.4, -0.2) is 61.5 Å². The Labute approximate surface area is 205 Å². The smallest absolute Gasteiger partial charge is 0.214 e. The van der Waals surface area contributed by atoms with Crippen LogP contribution in [0.15, 0.2) is 29.2 Å². The lowest BCUT2D eigenvalue weighted by Gasteiger charge is -2.51. The molecule has 0 bridgehead atoms. The van der Waals surface area contributed by atoms with Gasteiger partial charge in [-0.05, 0) is 49.4 Å². The van der Waals surface area contributed by atoms with Gasteiger partial charge in [0.15, 0.2) is 5.82 Å². The Morgan fingerprint density at radius 3 is 2.64 bits per heavy atom. The van der Waals surface area contributed by atoms with Crippen molar-refractivity contribution >= 4 is 46.7 Å². The Kier molecular flexibility index (Phi) is 7.85. The predicted molar refractivity (Wildman–Crippen MR) is 127 cm³/mol. The fourth-order valence-electron chi connectivity index (χ4n) is 4.15. The van der Waals surface area contributed by atoms with E-state index in [1.807, 2.05) is 4.90 Å². The number of likely N-dealkylation sites (tertiary alicyclic amines) is 1. The van der Waals surface area contributed by atoms with Crippen LogP contribution in [-0.2, 0) is 4.74 Å². The van der Waals surface area contributed by atoms with Crippen molar-refractivity contribution < 1.29 is 17.9 Å². The zero-order valence-electron chi connectivity index (χ0n) is 18.1. The zero-order valence-corrected chi connectivity index (χ0v) is 20.4. The third kappa shape index (κ3) is 5.65. The maximum Gasteiger partial charge on any atom is 0.214 e. The second kappa shape index (κ2) is 10.5. The molecule has 2 aliphatic rings.